The van der Waals surface area contributed by atoms with Crippen molar-refractivity contribution in [2.75, 3.05) is 0 Å². The summed E-state index contributed by atoms with van der Waals surface area (Å²) in [4.78, 5) is 11.3. The number of carbonyl (C=O) groups excluding carboxylic acids is 1. The first-order valence-corrected chi connectivity index (χ1v) is 4.99. The number of phenols is 2. The SMILES string of the molecule is CC(C)NC(=O)/C=C/c1cc(O)cc(O)c1. The maximum Gasteiger partial charge on any atom is 0.244 e. The minimum absolute atomic E-state index is 0.0380. The van der Waals surface area contributed by atoms with E-state index in [-0.39, 0.29) is 23.4 Å². The predicted octanol–water partition coefficient (Wildman–Crippen LogP) is 1.64. The fraction of sp³-hybridized carbons (Fsp3) is 0.250. The molecule has 0 heterocycles. The number of hydrogen-bond acceptors (Lipinski definition) is 3. The topological polar surface area (TPSA) is 69.6 Å². The van der Waals surface area contributed by atoms with E-state index in [1.807, 2.05) is 13.8 Å². The van der Waals surface area contributed by atoms with E-state index >= 15 is 0 Å². The van der Waals surface area contributed by atoms with Crippen molar-refractivity contribution in [1.29, 1.82) is 0 Å². The third kappa shape index (κ3) is 4.04. The van der Waals surface area contributed by atoms with Gasteiger partial charge in [-0.15, -0.1) is 0 Å². The van der Waals surface area contributed by atoms with Gasteiger partial charge in [0.25, 0.3) is 0 Å². The van der Waals surface area contributed by atoms with Crippen LogP contribution in [0, 0.1) is 0 Å². The highest BCUT2D eigenvalue weighted by Crippen LogP contribution is 2.20. The minimum Gasteiger partial charge on any atom is -0.508 e. The van der Waals surface area contributed by atoms with Crippen LogP contribution in [0.2, 0.25) is 0 Å². The van der Waals surface area contributed by atoms with Crippen LogP contribution in [0.3, 0.4) is 0 Å². The molecular formula is C12H15NO3. The Hall–Kier alpha value is -1.97. The van der Waals surface area contributed by atoms with Gasteiger partial charge in [-0.1, -0.05) is 0 Å². The molecule has 86 valence electrons. The van der Waals surface area contributed by atoms with E-state index < -0.39 is 0 Å². The number of carbonyl (C=O) groups is 1. The summed E-state index contributed by atoms with van der Waals surface area (Å²) >= 11 is 0. The Balaban J connectivity index is 2.72. The van der Waals surface area contributed by atoms with E-state index in [0.717, 1.165) is 0 Å². The predicted molar refractivity (Wildman–Crippen MR) is 62.1 cm³/mol. The lowest BCUT2D eigenvalue weighted by Gasteiger charge is -2.04. The number of aromatic hydroxyl groups is 2. The summed E-state index contributed by atoms with van der Waals surface area (Å²) in [6.45, 7) is 3.73. The zero-order chi connectivity index (χ0) is 12.1. The molecule has 1 aromatic carbocycles. The number of hydrogen-bond donors (Lipinski definition) is 3. The molecule has 4 nitrogen and oxygen atoms in total. The Bertz CT molecular complexity index is 390. The van der Waals surface area contributed by atoms with Crippen LogP contribution in [0.1, 0.15) is 19.4 Å². The molecule has 0 fully saturated rings. The van der Waals surface area contributed by atoms with Crippen LogP contribution in [0.15, 0.2) is 24.3 Å². The first-order chi connectivity index (χ1) is 7.47. The van der Waals surface area contributed by atoms with Gasteiger partial charge in [0.05, 0.1) is 0 Å². The van der Waals surface area contributed by atoms with Crippen molar-refractivity contribution in [1.82, 2.24) is 5.32 Å². The van der Waals surface area contributed by atoms with Crippen LogP contribution in [0.25, 0.3) is 6.08 Å². The quantitative estimate of drug-likeness (QED) is 0.679. The average molecular weight is 221 g/mol. The van der Waals surface area contributed by atoms with E-state index in [1.54, 1.807) is 0 Å². The van der Waals surface area contributed by atoms with E-state index in [1.165, 1.54) is 30.4 Å². The highest BCUT2D eigenvalue weighted by atomic mass is 16.3. The summed E-state index contributed by atoms with van der Waals surface area (Å²) in [7, 11) is 0. The van der Waals surface area contributed by atoms with Crippen LogP contribution in [-0.4, -0.2) is 22.2 Å². The Kier molecular flexibility index (Phi) is 3.94. The van der Waals surface area contributed by atoms with Crippen LogP contribution in [-0.2, 0) is 4.79 Å². The summed E-state index contributed by atoms with van der Waals surface area (Å²) in [5.74, 6) is -0.286. The molecule has 0 saturated carbocycles. The molecule has 0 radical (unpaired) electrons. The van der Waals surface area contributed by atoms with Gasteiger partial charge in [-0.3, -0.25) is 4.79 Å². The number of benzene rings is 1. The van der Waals surface area contributed by atoms with E-state index in [2.05, 4.69) is 5.32 Å². The first kappa shape index (κ1) is 12.1. The zero-order valence-corrected chi connectivity index (χ0v) is 9.27. The maximum atomic E-state index is 11.3. The van der Waals surface area contributed by atoms with Crippen LogP contribution >= 0.6 is 0 Å². The average Bonchev–Trinajstić information content (AvgIpc) is 2.12. The minimum atomic E-state index is -0.210. The standard InChI is InChI=1S/C12H15NO3/c1-8(2)13-12(16)4-3-9-5-10(14)7-11(15)6-9/h3-8,14-15H,1-2H3,(H,13,16)/b4-3+. The second kappa shape index (κ2) is 5.21. The summed E-state index contributed by atoms with van der Waals surface area (Å²) in [6.07, 6.45) is 2.88. The molecule has 0 atom stereocenters. The summed E-state index contributed by atoms with van der Waals surface area (Å²) in [6, 6.07) is 4.22. The van der Waals surface area contributed by atoms with Crippen LogP contribution < -0.4 is 5.32 Å². The smallest absolute Gasteiger partial charge is 0.244 e. The fourth-order valence-electron chi connectivity index (χ4n) is 1.22. The van der Waals surface area contributed by atoms with Gasteiger partial charge in [-0.05, 0) is 37.6 Å². The Morgan fingerprint density at radius 1 is 1.25 bits per heavy atom. The second-order valence-corrected chi connectivity index (χ2v) is 3.78. The van der Waals surface area contributed by atoms with Gasteiger partial charge in [-0.2, -0.15) is 0 Å². The van der Waals surface area contributed by atoms with Crippen LogP contribution in [0.5, 0.6) is 11.5 Å². The molecule has 16 heavy (non-hydrogen) atoms. The van der Waals surface area contributed by atoms with E-state index in [0.29, 0.717) is 5.56 Å². The summed E-state index contributed by atoms with van der Waals surface area (Å²) in [5.41, 5.74) is 0.566. The molecule has 1 aromatic rings. The van der Waals surface area contributed by atoms with Crippen molar-refractivity contribution in [2.45, 2.75) is 19.9 Å². The fourth-order valence-corrected chi connectivity index (χ4v) is 1.22. The Morgan fingerprint density at radius 2 is 1.81 bits per heavy atom. The number of amides is 1. The number of phenolic OH excluding ortho intramolecular Hbond substituents is 2. The van der Waals surface area contributed by atoms with Gasteiger partial charge in [0.15, 0.2) is 0 Å². The van der Waals surface area contributed by atoms with Crippen molar-refractivity contribution < 1.29 is 15.0 Å². The van der Waals surface area contributed by atoms with Gasteiger partial charge in [-0.25, -0.2) is 0 Å². The lowest BCUT2D eigenvalue weighted by molar-refractivity contribution is -0.116. The highest BCUT2D eigenvalue weighted by molar-refractivity contribution is 5.91. The highest BCUT2D eigenvalue weighted by Gasteiger charge is 1.99. The summed E-state index contributed by atoms with van der Waals surface area (Å²) in [5, 5.41) is 21.1. The lowest BCUT2D eigenvalue weighted by Crippen LogP contribution is -2.28. The molecule has 0 aliphatic heterocycles. The third-order valence-electron chi connectivity index (χ3n) is 1.78. The Labute approximate surface area is 94.2 Å². The van der Waals surface area contributed by atoms with Gasteiger partial charge in [0.2, 0.25) is 5.91 Å². The first-order valence-electron chi connectivity index (χ1n) is 4.99. The molecule has 1 rings (SSSR count). The molecule has 0 spiro atoms. The largest absolute Gasteiger partial charge is 0.508 e. The normalized spacial score (nSPS) is 10.9. The van der Waals surface area contributed by atoms with E-state index in [9.17, 15) is 15.0 Å². The molecule has 0 aliphatic rings. The van der Waals surface area contributed by atoms with Gasteiger partial charge in [0.1, 0.15) is 11.5 Å². The van der Waals surface area contributed by atoms with E-state index in [4.69, 9.17) is 0 Å². The maximum absolute atomic E-state index is 11.3. The van der Waals surface area contributed by atoms with Crippen LogP contribution in [0.4, 0.5) is 0 Å². The molecule has 0 aromatic heterocycles. The molecule has 1 amide bonds. The van der Waals surface area contributed by atoms with Crippen molar-refractivity contribution in [3.05, 3.63) is 29.8 Å². The second-order valence-electron chi connectivity index (χ2n) is 3.78. The van der Waals surface area contributed by atoms with Crippen molar-refractivity contribution >= 4 is 12.0 Å². The van der Waals surface area contributed by atoms with Gasteiger partial charge in [0, 0.05) is 18.2 Å². The zero-order valence-electron chi connectivity index (χ0n) is 9.27. The third-order valence-corrected chi connectivity index (χ3v) is 1.78. The lowest BCUT2D eigenvalue weighted by atomic mass is 10.2. The van der Waals surface area contributed by atoms with Gasteiger partial charge >= 0.3 is 0 Å². The molecule has 3 N–H and O–H groups in total. The number of nitrogens with one attached hydrogen (secondary N) is 1. The molecule has 0 aliphatic carbocycles. The molecular weight excluding hydrogens is 206 g/mol. The van der Waals surface area contributed by atoms with Crippen molar-refractivity contribution in [3.63, 3.8) is 0 Å². The molecule has 0 bridgehead atoms. The monoisotopic (exact) mass is 221 g/mol. The number of rotatable bonds is 3. The molecule has 0 unspecified atom stereocenters. The molecule has 4 heteroatoms. The Morgan fingerprint density at radius 3 is 2.31 bits per heavy atom. The van der Waals surface area contributed by atoms with Gasteiger partial charge < -0.3 is 15.5 Å². The van der Waals surface area contributed by atoms with Crippen molar-refractivity contribution in [2.24, 2.45) is 0 Å². The summed E-state index contributed by atoms with van der Waals surface area (Å²) < 4.78 is 0. The van der Waals surface area contributed by atoms with Crippen molar-refractivity contribution in [3.8, 4) is 11.5 Å². The molecule has 0 saturated heterocycles.